The van der Waals surface area contributed by atoms with E-state index in [1.165, 1.54) is 5.56 Å². The molecule has 4 heteroatoms. The lowest BCUT2D eigenvalue weighted by molar-refractivity contribution is 0.881. The first-order valence-electron chi connectivity index (χ1n) is 4.95. The van der Waals surface area contributed by atoms with Crippen LogP contribution in [0, 0.1) is 0 Å². The van der Waals surface area contributed by atoms with Gasteiger partial charge in [0.1, 0.15) is 5.82 Å². The molecule has 2 aromatic rings. The second-order valence-corrected chi connectivity index (χ2v) is 3.71. The minimum Gasteiger partial charge on any atom is -0.369 e. The molecule has 0 radical (unpaired) electrons. The molecule has 0 aliphatic carbocycles. The molecule has 2 heterocycles. The van der Waals surface area contributed by atoms with Crippen molar-refractivity contribution in [3.63, 3.8) is 0 Å². The maximum atomic E-state index is 11.6. The van der Waals surface area contributed by atoms with Crippen molar-refractivity contribution in [2.45, 2.75) is 5.92 Å². The van der Waals surface area contributed by atoms with E-state index in [0.717, 1.165) is 17.9 Å². The van der Waals surface area contributed by atoms with Gasteiger partial charge in [-0.15, -0.1) is 0 Å². The highest BCUT2D eigenvalue weighted by molar-refractivity contribution is 5.54. The predicted molar refractivity (Wildman–Crippen MR) is 58.2 cm³/mol. The third-order valence-corrected chi connectivity index (χ3v) is 2.85. The molecule has 0 amide bonds. The van der Waals surface area contributed by atoms with Gasteiger partial charge in [0.05, 0.1) is 5.56 Å². The van der Waals surface area contributed by atoms with Crippen molar-refractivity contribution >= 4 is 5.82 Å². The van der Waals surface area contributed by atoms with E-state index in [-0.39, 0.29) is 11.5 Å². The minimum absolute atomic E-state index is 0.0242. The Morgan fingerprint density at radius 1 is 1.13 bits per heavy atom. The van der Waals surface area contributed by atoms with E-state index in [1.807, 2.05) is 30.3 Å². The lowest BCUT2D eigenvalue weighted by Gasteiger charge is -2.07. The number of aromatic nitrogens is 2. The van der Waals surface area contributed by atoms with Gasteiger partial charge >= 0.3 is 0 Å². The Morgan fingerprint density at radius 3 is 2.73 bits per heavy atom. The lowest BCUT2D eigenvalue weighted by Crippen LogP contribution is -2.13. The third kappa shape index (κ3) is 1.18. The minimum atomic E-state index is -0.0242. The molecule has 76 valence electrons. The molecular formula is C11H11N3O. The molecule has 15 heavy (non-hydrogen) atoms. The first kappa shape index (κ1) is 8.35. The number of hydrogen-bond acceptors (Lipinski definition) is 2. The van der Waals surface area contributed by atoms with Crippen LogP contribution in [0.4, 0.5) is 5.82 Å². The summed E-state index contributed by atoms with van der Waals surface area (Å²) in [6, 6.07) is 10.1. The van der Waals surface area contributed by atoms with Crippen molar-refractivity contribution in [3.05, 3.63) is 51.8 Å². The molecule has 3 N–H and O–H groups in total. The maximum Gasteiger partial charge on any atom is 0.269 e. The van der Waals surface area contributed by atoms with Crippen molar-refractivity contribution in [3.8, 4) is 0 Å². The summed E-state index contributed by atoms with van der Waals surface area (Å²) < 4.78 is 0. The molecule has 0 saturated carbocycles. The van der Waals surface area contributed by atoms with Gasteiger partial charge in [-0.05, 0) is 5.56 Å². The first-order valence-corrected chi connectivity index (χ1v) is 4.95. The summed E-state index contributed by atoms with van der Waals surface area (Å²) >= 11 is 0. The van der Waals surface area contributed by atoms with Gasteiger partial charge in [-0.3, -0.25) is 15.0 Å². The Balaban J connectivity index is 2.11. The van der Waals surface area contributed by atoms with Gasteiger partial charge in [0.2, 0.25) is 0 Å². The Hall–Kier alpha value is -1.97. The quantitative estimate of drug-likeness (QED) is 0.650. The van der Waals surface area contributed by atoms with E-state index in [1.54, 1.807) is 0 Å². The lowest BCUT2D eigenvalue weighted by atomic mass is 9.95. The second-order valence-electron chi connectivity index (χ2n) is 3.71. The number of nitrogens with one attached hydrogen (secondary N) is 3. The summed E-state index contributed by atoms with van der Waals surface area (Å²) in [6.07, 6.45) is 0. The van der Waals surface area contributed by atoms with Crippen LogP contribution < -0.4 is 10.9 Å². The first-order chi connectivity index (χ1) is 7.36. The number of benzene rings is 1. The summed E-state index contributed by atoms with van der Waals surface area (Å²) in [4.78, 5) is 11.6. The van der Waals surface area contributed by atoms with Crippen molar-refractivity contribution < 1.29 is 0 Å². The molecular weight excluding hydrogens is 190 g/mol. The van der Waals surface area contributed by atoms with E-state index in [0.29, 0.717) is 0 Å². The zero-order valence-electron chi connectivity index (χ0n) is 8.08. The van der Waals surface area contributed by atoms with Crippen LogP contribution in [0.5, 0.6) is 0 Å². The van der Waals surface area contributed by atoms with Crippen LogP contribution in [0.3, 0.4) is 0 Å². The average Bonchev–Trinajstić information content (AvgIpc) is 2.84. The summed E-state index contributed by atoms with van der Waals surface area (Å²) in [7, 11) is 0. The summed E-state index contributed by atoms with van der Waals surface area (Å²) in [5.74, 6) is 0.991. The van der Waals surface area contributed by atoms with E-state index >= 15 is 0 Å². The summed E-state index contributed by atoms with van der Waals surface area (Å²) in [5.41, 5.74) is 1.97. The number of hydrogen-bond donors (Lipinski definition) is 3. The van der Waals surface area contributed by atoms with Gasteiger partial charge < -0.3 is 5.32 Å². The smallest absolute Gasteiger partial charge is 0.269 e. The van der Waals surface area contributed by atoms with Crippen LogP contribution in [0.15, 0.2) is 35.1 Å². The molecule has 1 aromatic heterocycles. The molecule has 3 rings (SSSR count). The number of H-pyrrole nitrogens is 2. The zero-order chi connectivity index (χ0) is 10.3. The molecule has 4 nitrogen and oxygen atoms in total. The number of anilines is 1. The fourth-order valence-corrected chi connectivity index (χ4v) is 2.12. The predicted octanol–water partition coefficient (Wildman–Crippen LogP) is 1.26. The molecule has 0 spiro atoms. The SMILES string of the molecule is O=c1[nH][nH]c2c1[C@H](c1ccccc1)CN2. The van der Waals surface area contributed by atoms with Crippen LogP contribution in [0.2, 0.25) is 0 Å². The third-order valence-electron chi connectivity index (χ3n) is 2.85. The van der Waals surface area contributed by atoms with Crippen LogP contribution >= 0.6 is 0 Å². The molecule has 0 saturated heterocycles. The largest absolute Gasteiger partial charge is 0.369 e. The maximum absolute atomic E-state index is 11.6. The molecule has 0 bridgehead atoms. The number of rotatable bonds is 1. The Labute approximate surface area is 86.3 Å². The average molecular weight is 201 g/mol. The number of fused-ring (bicyclic) bond motifs is 1. The van der Waals surface area contributed by atoms with Gasteiger partial charge in [0, 0.05) is 12.5 Å². The highest BCUT2D eigenvalue weighted by Gasteiger charge is 2.27. The summed E-state index contributed by atoms with van der Waals surface area (Å²) in [6.45, 7) is 0.787. The highest BCUT2D eigenvalue weighted by atomic mass is 16.1. The molecule has 1 aliphatic rings. The second kappa shape index (κ2) is 3.02. The van der Waals surface area contributed by atoms with Crippen molar-refractivity contribution in [2.75, 3.05) is 11.9 Å². The van der Waals surface area contributed by atoms with Gasteiger partial charge in [-0.25, -0.2) is 0 Å². The topological polar surface area (TPSA) is 60.7 Å². The van der Waals surface area contributed by atoms with Crippen LogP contribution in [0.25, 0.3) is 0 Å². The van der Waals surface area contributed by atoms with Crippen LogP contribution in [-0.4, -0.2) is 16.7 Å². The van der Waals surface area contributed by atoms with Crippen LogP contribution in [0.1, 0.15) is 17.0 Å². The summed E-state index contributed by atoms with van der Waals surface area (Å²) in [5, 5.41) is 8.62. The van der Waals surface area contributed by atoms with E-state index < -0.39 is 0 Å². The van der Waals surface area contributed by atoms with Gasteiger partial charge in [0.25, 0.3) is 5.56 Å². The standard InChI is InChI=1S/C11H11N3O/c15-11-9-8(6-12-10(9)13-14-11)7-4-2-1-3-5-7/h1-5,8H,6H2,(H3,12,13,14,15)/t8-/m0/s1. The Bertz CT molecular complexity index is 526. The van der Waals surface area contributed by atoms with Gasteiger partial charge in [0.15, 0.2) is 0 Å². The molecule has 0 fully saturated rings. The fourth-order valence-electron chi connectivity index (χ4n) is 2.12. The van der Waals surface area contributed by atoms with Crippen molar-refractivity contribution in [1.82, 2.24) is 10.2 Å². The molecule has 1 aliphatic heterocycles. The Morgan fingerprint density at radius 2 is 1.93 bits per heavy atom. The Kier molecular flexibility index (Phi) is 1.68. The van der Waals surface area contributed by atoms with E-state index in [4.69, 9.17) is 0 Å². The zero-order valence-corrected chi connectivity index (χ0v) is 8.08. The fraction of sp³-hybridized carbons (Fsp3) is 0.182. The normalized spacial score (nSPS) is 18.5. The highest BCUT2D eigenvalue weighted by Crippen LogP contribution is 2.31. The number of aromatic amines is 2. The van der Waals surface area contributed by atoms with E-state index in [2.05, 4.69) is 15.5 Å². The molecule has 1 aromatic carbocycles. The van der Waals surface area contributed by atoms with Crippen molar-refractivity contribution in [1.29, 1.82) is 0 Å². The van der Waals surface area contributed by atoms with Crippen molar-refractivity contribution in [2.24, 2.45) is 0 Å². The monoisotopic (exact) mass is 201 g/mol. The van der Waals surface area contributed by atoms with Gasteiger partial charge in [-0.2, -0.15) is 0 Å². The van der Waals surface area contributed by atoms with Gasteiger partial charge in [-0.1, -0.05) is 30.3 Å². The van der Waals surface area contributed by atoms with Crippen LogP contribution in [-0.2, 0) is 0 Å². The molecule has 0 unspecified atom stereocenters. The van der Waals surface area contributed by atoms with E-state index in [9.17, 15) is 4.79 Å². The molecule has 1 atom stereocenters.